The molecule has 0 aromatic carbocycles. The fourth-order valence-electron chi connectivity index (χ4n) is 3.53. The van der Waals surface area contributed by atoms with Crippen molar-refractivity contribution in [3.05, 3.63) is 23.3 Å². The van der Waals surface area contributed by atoms with E-state index in [9.17, 15) is 9.59 Å². The Morgan fingerprint density at radius 2 is 2.08 bits per heavy atom. The zero-order chi connectivity index (χ0) is 18.7. The van der Waals surface area contributed by atoms with Crippen molar-refractivity contribution in [1.82, 2.24) is 24.9 Å². The average molecular weight is 359 g/mol. The van der Waals surface area contributed by atoms with Gasteiger partial charge in [0.25, 0.3) is 11.7 Å². The summed E-state index contributed by atoms with van der Waals surface area (Å²) in [7, 11) is 0. The largest absolute Gasteiger partial charge is 0.455 e. The Hall–Kier alpha value is -2.51. The Morgan fingerprint density at radius 3 is 2.85 bits per heavy atom. The summed E-state index contributed by atoms with van der Waals surface area (Å²) in [5, 5.41) is 7.08. The molecule has 1 amide bonds. The normalized spacial score (nSPS) is 20.1. The quantitative estimate of drug-likeness (QED) is 0.813. The van der Waals surface area contributed by atoms with Crippen molar-refractivity contribution >= 4 is 17.7 Å². The van der Waals surface area contributed by atoms with Gasteiger partial charge in [-0.05, 0) is 32.6 Å². The van der Waals surface area contributed by atoms with Crippen molar-refractivity contribution in [1.29, 1.82) is 0 Å². The van der Waals surface area contributed by atoms with E-state index in [1.165, 1.54) is 12.7 Å². The Kier molecular flexibility index (Phi) is 5.49. The number of nitrogens with zero attached hydrogens (tertiary/aromatic N) is 4. The van der Waals surface area contributed by atoms with Gasteiger partial charge in [0.2, 0.25) is 0 Å². The van der Waals surface area contributed by atoms with Gasteiger partial charge in [0.05, 0.1) is 6.42 Å². The molecule has 1 saturated carbocycles. The highest BCUT2D eigenvalue weighted by atomic mass is 16.5. The first-order chi connectivity index (χ1) is 12.5. The van der Waals surface area contributed by atoms with Crippen LogP contribution in [0, 0.1) is 19.8 Å². The Bertz CT molecular complexity index is 817. The summed E-state index contributed by atoms with van der Waals surface area (Å²) >= 11 is 0. The summed E-state index contributed by atoms with van der Waals surface area (Å²) < 4.78 is 6.75. The average Bonchev–Trinajstić information content (AvgIpc) is 3.07. The van der Waals surface area contributed by atoms with E-state index in [4.69, 9.17) is 4.74 Å². The Labute approximate surface area is 152 Å². The van der Waals surface area contributed by atoms with Crippen LogP contribution in [0.5, 0.6) is 0 Å². The van der Waals surface area contributed by atoms with E-state index in [0.717, 1.165) is 30.5 Å². The number of carbonyl (C=O) groups excluding carboxylic acids is 2. The summed E-state index contributed by atoms with van der Waals surface area (Å²) in [5.74, 6) is 0.270. The molecule has 0 bridgehead atoms. The third kappa shape index (κ3) is 4.00. The molecule has 2 atom stereocenters. The maximum atomic E-state index is 12.2. The third-order valence-electron chi connectivity index (χ3n) is 5.13. The lowest BCUT2D eigenvalue weighted by Gasteiger charge is -2.29. The number of aromatic nitrogens is 4. The lowest BCUT2D eigenvalue weighted by atomic mass is 9.86. The maximum Gasteiger partial charge on any atom is 0.310 e. The van der Waals surface area contributed by atoms with Crippen molar-refractivity contribution in [2.75, 3.05) is 6.61 Å². The summed E-state index contributed by atoms with van der Waals surface area (Å²) in [6.45, 7) is 5.58. The zero-order valence-corrected chi connectivity index (χ0v) is 15.5. The van der Waals surface area contributed by atoms with Gasteiger partial charge in [-0.2, -0.15) is 10.1 Å². The smallest absolute Gasteiger partial charge is 0.310 e. The summed E-state index contributed by atoms with van der Waals surface area (Å²) in [6, 6.07) is 0.179. The lowest BCUT2D eigenvalue weighted by Crippen LogP contribution is -2.43. The molecule has 1 aliphatic rings. The molecule has 2 aromatic rings. The van der Waals surface area contributed by atoms with Crippen LogP contribution in [0.25, 0.3) is 5.78 Å². The molecule has 1 fully saturated rings. The van der Waals surface area contributed by atoms with Crippen molar-refractivity contribution < 1.29 is 14.3 Å². The van der Waals surface area contributed by atoms with Gasteiger partial charge in [-0.1, -0.05) is 19.8 Å². The second kappa shape index (κ2) is 7.80. The molecule has 2 heterocycles. The molecule has 0 saturated heterocycles. The SMILES string of the molecule is Cc1nc2ncnn2c(C)c1CC(=O)OCC(=O)N[C@@H]1CCCC[C@H]1C. The lowest BCUT2D eigenvalue weighted by molar-refractivity contribution is -0.148. The number of hydrogen-bond acceptors (Lipinski definition) is 6. The highest BCUT2D eigenvalue weighted by molar-refractivity contribution is 5.81. The minimum Gasteiger partial charge on any atom is -0.455 e. The van der Waals surface area contributed by atoms with Gasteiger partial charge in [0, 0.05) is 23.0 Å². The molecule has 0 radical (unpaired) electrons. The Balaban J connectivity index is 1.55. The molecule has 0 aliphatic heterocycles. The monoisotopic (exact) mass is 359 g/mol. The van der Waals surface area contributed by atoms with Crippen LogP contribution in [-0.4, -0.2) is 44.1 Å². The number of nitrogens with one attached hydrogen (secondary N) is 1. The van der Waals surface area contributed by atoms with Crippen molar-refractivity contribution in [2.45, 2.75) is 58.9 Å². The zero-order valence-electron chi connectivity index (χ0n) is 15.5. The number of ether oxygens (including phenoxy) is 1. The second-order valence-electron chi connectivity index (χ2n) is 7.01. The van der Waals surface area contributed by atoms with Crippen LogP contribution in [0.3, 0.4) is 0 Å². The van der Waals surface area contributed by atoms with E-state index in [1.807, 2.05) is 13.8 Å². The third-order valence-corrected chi connectivity index (χ3v) is 5.13. The highest BCUT2D eigenvalue weighted by Gasteiger charge is 2.23. The first kappa shape index (κ1) is 18.3. The second-order valence-corrected chi connectivity index (χ2v) is 7.01. The number of fused-ring (bicyclic) bond motifs is 1. The molecule has 3 rings (SSSR count). The van der Waals surface area contributed by atoms with E-state index in [1.54, 1.807) is 4.52 Å². The number of aryl methyl sites for hydroxylation is 2. The molecule has 1 N–H and O–H groups in total. The van der Waals surface area contributed by atoms with E-state index in [-0.39, 0.29) is 25.0 Å². The minimum absolute atomic E-state index is 0.0492. The van der Waals surface area contributed by atoms with Crippen LogP contribution < -0.4 is 5.32 Å². The van der Waals surface area contributed by atoms with Crippen LogP contribution in [0.2, 0.25) is 0 Å². The fourth-order valence-corrected chi connectivity index (χ4v) is 3.53. The van der Waals surface area contributed by atoms with Gasteiger partial charge >= 0.3 is 5.97 Å². The minimum atomic E-state index is -0.454. The first-order valence-electron chi connectivity index (χ1n) is 9.06. The van der Waals surface area contributed by atoms with Gasteiger partial charge < -0.3 is 10.1 Å². The van der Waals surface area contributed by atoms with Gasteiger partial charge in [-0.15, -0.1) is 0 Å². The van der Waals surface area contributed by atoms with Gasteiger partial charge in [0.15, 0.2) is 6.61 Å². The summed E-state index contributed by atoms with van der Waals surface area (Å²) in [6.07, 6.45) is 5.93. The molecule has 140 valence electrons. The fraction of sp³-hybridized carbons (Fsp3) is 0.611. The van der Waals surface area contributed by atoms with Crippen molar-refractivity contribution in [3.63, 3.8) is 0 Å². The predicted octanol–water partition coefficient (Wildman–Crippen LogP) is 1.52. The van der Waals surface area contributed by atoms with Gasteiger partial charge in [-0.25, -0.2) is 9.50 Å². The first-order valence-corrected chi connectivity index (χ1v) is 9.06. The number of esters is 1. The number of rotatable bonds is 5. The van der Waals surface area contributed by atoms with Crippen LogP contribution in [-0.2, 0) is 20.7 Å². The molecule has 0 unspecified atom stereocenters. The molecule has 2 aromatic heterocycles. The van der Waals surface area contributed by atoms with Gasteiger partial charge in [0.1, 0.15) is 6.33 Å². The molecule has 8 nitrogen and oxygen atoms in total. The van der Waals surface area contributed by atoms with Crippen LogP contribution in [0.4, 0.5) is 0 Å². The van der Waals surface area contributed by atoms with E-state index in [2.05, 4.69) is 27.3 Å². The predicted molar refractivity (Wildman–Crippen MR) is 94.5 cm³/mol. The number of hydrogen-bond donors (Lipinski definition) is 1. The molecule has 26 heavy (non-hydrogen) atoms. The summed E-state index contributed by atoms with van der Waals surface area (Å²) in [4.78, 5) is 32.6. The van der Waals surface area contributed by atoms with E-state index < -0.39 is 5.97 Å². The molecule has 0 spiro atoms. The van der Waals surface area contributed by atoms with Crippen LogP contribution in [0.15, 0.2) is 6.33 Å². The topological polar surface area (TPSA) is 98.5 Å². The van der Waals surface area contributed by atoms with E-state index in [0.29, 0.717) is 17.4 Å². The van der Waals surface area contributed by atoms with E-state index >= 15 is 0 Å². The Morgan fingerprint density at radius 1 is 1.31 bits per heavy atom. The van der Waals surface area contributed by atoms with Crippen molar-refractivity contribution in [2.24, 2.45) is 5.92 Å². The summed E-state index contributed by atoms with van der Waals surface area (Å²) in [5.41, 5.74) is 2.25. The maximum absolute atomic E-state index is 12.2. The standard InChI is InChI=1S/C18H25N5O3/c1-11-6-4-5-7-15(11)22-16(24)9-26-17(25)8-14-12(2)21-18-19-10-20-23(18)13(14)3/h10-11,15H,4-9H2,1-3H3,(H,22,24)/t11-,15-/m1/s1. The van der Waals surface area contributed by atoms with Crippen molar-refractivity contribution in [3.8, 4) is 0 Å². The number of amides is 1. The highest BCUT2D eigenvalue weighted by Crippen LogP contribution is 2.23. The van der Waals surface area contributed by atoms with Crippen LogP contribution >= 0.6 is 0 Å². The molecule has 8 heteroatoms. The van der Waals surface area contributed by atoms with Gasteiger partial charge in [-0.3, -0.25) is 9.59 Å². The van der Waals surface area contributed by atoms with Crippen LogP contribution in [0.1, 0.15) is 49.6 Å². The molecular formula is C18H25N5O3. The number of carbonyl (C=O) groups is 2. The molecule has 1 aliphatic carbocycles. The molecular weight excluding hydrogens is 334 g/mol.